The summed E-state index contributed by atoms with van der Waals surface area (Å²) < 4.78 is 3.25. The van der Waals surface area contributed by atoms with E-state index >= 15 is 0 Å². The zero-order valence-corrected chi connectivity index (χ0v) is 19.6. The largest absolute Gasteiger partial charge is 0.383 e. The van der Waals surface area contributed by atoms with Crippen molar-refractivity contribution in [1.29, 1.82) is 0 Å². The number of hydrogen-bond acceptors (Lipinski definition) is 7. The van der Waals surface area contributed by atoms with Gasteiger partial charge >= 0.3 is 5.69 Å². The Morgan fingerprint density at radius 2 is 2.06 bits per heavy atom. The zero-order valence-electron chi connectivity index (χ0n) is 18.0. The molecule has 0 aliphatic heterocycles. The van der Waals surface area contributed by atoms with Gasteiger partial charge in [0.2, 0.25) is 5.91 Å². The van der Waals surface area contributed by atoms with Gasteiger partial charge < -0.3 is 10.6 Å². The molecule has 2 heterocycles. The van der Waals surface area contributed by atoms with Crippen LogP contribution in [0.2, 0.25) is 0 Å². The third-order valence-electron chi connectivity index (χ3n) is 5.74. The fourth-order valence-electron chi connectivity index (χ4n) is 4.13. The minimum absolute atomic E-state index is 0.0671. The number of amides is 1. The number of benzene rings is 1. The van der Waals surface area contributed by atoms with Crippen LogP contribution < -0.4 is 21.9 Å². The van der Waals surface area contributed by atoms with Gasteiger partial charge in [-0.2, -0.15) is 0 Å². The van der Waals surface area contributed by atoms with E-state index in [4.69, 9.17) is 5.73 Å². The van der Waals surface area contributed by atoms with E-state index in [0.717, 1.165) is 53.1 Å². The molecule has 0 bridgehead atoms. The van der Waals surface area contributed by atoms with Crippen molar-refractivity contribution >= 4 is 50.7 Å². The first-order valence-electron chi connectivity index (χ1n) is 10.9. The quantitative estimate of drug-likeness (QED) is 0.483. The summed E-state index contributed by atoms with van der Waals surface area (Å²) in [5.41, 5.74) is 6.19. The number of rotatable bonds is 8. The van der Waals surface area contributed by atoms with Gasteiger partial charge in [0.1, 0.15) is 5.82 Å². The second-order valence-corrected chi connectivity index (χ2v) is 10.2. The van der Waals surface area contributed by atoms with E-state index in [0.29, 0.717) is 6.54 Å². The summed E-state index contributed by atoms with van der Waals surface area (Å²) in [7, 11) is 0. The highest BCUT2D eigenvalue weighted by Gasteiger charge is 2.32. The highest BCUT2D eigenvalue weighted by Crippen LogP contribution is 2.33. The molecule has 0 atom stereocenters. The number of thioether (sulfide) groups is 1. The molecule has 0 unspecified atom stereocenters. The van der Waals surface area contributed by atoms with Crippen LogP contribution in [0.3, 0.4) is 0 Å². The molecule has 170 valence electrons. The van der Waals surface area contributed by atoms with Crippen LogP contribution in [0.4, 0.5) is 11.5 Å². The summed E-state index contributed by atoms with van der Waals surface area (Å²) in [6.07, 6.45) is 5.24. The summed E-state index contributed by atoms with van der Waals surface area (Å²) in [5, 5.41) is 0. The Labute approximate surface area is 193 Å². The van der Waals surface area contributed by atoms with E-state index < -0.39 is 11.2 Å². The third kappa shape index (κ3) is 4.61. The minimum atomic E-state index is -0.606. The maximum absolute atomic E-state index is 13.4. The van der Waals surface area contributed by atoms with Gasteiger partial charge in [0.05, 0.1) is 16.0 Å². The van der Waals surface area contributed by atoms with Crippen molar-refractivity contribution in [2.75, 3.05) is 16.4 Å². The number of hydrogen-bond donors (Lipinski definition) is 2. The van der Waals surface area contributed by atoms with Crippen LogP contribution in [-0.4, -0.2) is 32.2 Å². The van der Waals surface area contributed by atoms with Gasteiger partial charge in [-0.05, 0) is 31.4 Å². The van der Waals surface area contributed by atoms with Crippen molar-refractivity contribution in [3.63, 3.8) is 0 Å². The van der Waals surface area contributed by atoms with Crippen LogP contribution >= 0.6 is 23.1 Å². The van der Waals surface area contributed by atoms with E-state index in [1.165, 1.54) is 16.3 Å². The predicted octanol–water partition coefficient (Wildman–Crippen LogP) is 3.60. The second kappa shape index (κ2) is 9.91. The van der Waals surface area contributed by atoms with Gasteiger partial charge in [0.15, 0.2) is 10.0 Å². The Bertz CT molecular complexity index is 1190. The van der Waals surface area contributed by atoms with E-state index in [2.05, 4.69) is 9.97 Å². The first-order chi connectivity index (χ1) is 15.5. The molecular formula is C22H27N5O3S2. The Balaban J connectivity index is 1.64. The number of fused-ring (bicyclic) bond motifs is 1. The van der Waals surface area contributed by atoms with Crippen LogP contribution in [0.5, 0.6) is 0 Å². The van der Waals surface area contributed by atoms with Gasteiger partial charge in [-0.15, -0.1) is 11.3 Å². The monoisotopic (exact) mass is 473 g/mol. The molecule has 1 aromatic carbocycles. The molecule has 1 amide bonds. The number of carbonyl (C=O) groups is 1. The van der Waals surface area contributed by atoms with Crippen LogP contribution in [0.25, 0.3) is 10.2 Å². The van der Waals surface area contributed by atoms with Crippen LogP contribution in [0.15, 0.2) is 38.2 Å². The molecule has 32 heavy (non-hydrogen) atoms. The lowest BCUT2D eigenvalue weighted by Crippen LogP contribution is -2.46. The van der Waals surface area contributed by atoms with E-state index in [9.17, 15) is 14.4 Å². The Morgan fingerprint density at radius 1 is 1.31 bits per heavy atom. The second-order valence-electron chi connectivity index (χ2n) is 7.94. The smallest absolute Gasteiger partial charge is 0.330 e. The summed E-state index contributed by atoms with van der Waals surface area (Å²) >= 11 is 2.91. The number of nitrogens with two attached hydrogens (primary N) is 1. The normalized spacial score (nSPS) is 14.3. The molecule has 4 rings (SSSR count). The first kappa shape index (κ1) is 22.6. The molecule has 1 saturated carbocycles. The number of nitrogens with zero attached hydrogens (tertiary/aromatic N) is 3. The van der Waals surface area contributed by atoms with Crippen LogP contribution in [-0.2, 0) is 11.3 Å². The number of para-hydroxylation sites is 1. The molecule has 1 aliphatic carbocycles. The first-order valence-corrected chi connectivity index (χ1v) is 12.7. The molecule has 1 aliphatic rings. The molecule has 10 heteroatoms. The highest BCUT2D eigenvalue weighted by molar-refractivity contribution is 8.01. The lowest BCUT2D eigenvalue weighted by Gasteiger charge is -2.29. The van der Waals surface area contributed by atoms with Gasteiger partial charge in [0.25, 0.3) is 5.56 Å². The molecule has 3 aromatic rings. The Morgan fingerprint density at radius 3 is 2.78 bits per heavy atom. The van der Waals surface area contributed by atoms with E-state index in [1.807, 2.05) is 31.2 Å². The number of thiazole rings is 1. The number of carbonyl (C=O) groups excluding carboxylic acids is 1. The average molecular weight is 474 g/mol. The van der Waals surface area contributed by atoms with Crippen molar-refractivity contribution in [2.24, 2.45) is 0 Å². The molecule has 3 N–H and O–H groups in total. The standard InChI is InChI=1S/C22H27N5O3S2/c1-2-3-12-26-19(23)18(20(29)25-21(26)30)27(14-8-4-5-9-14)17(28)13-31-22-24-15-10-6-7-11-16(15)32-22/h6-7,10-11,14H,2-5,8-9,12-13,23H2,1H3,(H,25,29,30). The lowest BCUT2D eigenvalue weighted by atomic mass is 10.2. The number of H-pyrrole nitrogens is 1. The number of nitrogen functional groups attached to an aromatic ring is 1. The summed E-state index contributed by atoms with van der Waals surface area (Å²) in [6, 6.07) is 7.75. The maximum atomic E-state index is 13.4. The van der Waals surface area contributed by atoms with Crippen LogP contribution in [0, 0.1) is 0 Å². The summed E-state index contributed by atoms with van der Waals surface area (Å²) in [4.78, 5) is 47.1. The molecule has 8 nitrogen and oxygen atoms in total. The Kier molecular flexibility index (Phi) is 7.00. The Hall–Kier alpha value is -2.59. The van der Waals surface area contributed by atoms with E-state index in [1.54, 1.807) is 16.2 Å². The number of aromatic nitrogens is 3. The van der Waals surface area contributed by atoms with Crippen molar-refractivity contribution in [1.82, 2.24) is 14.5 Å². The van der Waals surface area contributed by atoms with Crippen molar-refractivity contribution in [2.45, 2.75) is 62.4 Å². The fourth-order valence-corrected chi connectivity index (χ4v) is 6.06. The van der Waals surface area contributed by atoms with Crippen molar-refractivity contribution in [3.8, 4) is 0 Å². The molecule has 0 radical (unpaired) electrons. The third-order valence-corrected chi connectivity index (χ3v) is 7.91. The molecule has 2 aromatic heterocycles. The summed E-state index contributed by atoms with van der Waals surface area (Å²) in [6.45, 7) is 2.42. The number of unbranched alkanes of at least 4 members (excludes halogenated alkanes) is 1. The topological polar surface area (TPSA) is 114 Å². The van der Waals surface area contributed by atoms with Crippen LogP contribution in [0.1, 0.15) is 45.4 Å². The zero-order chi connectivity index (χ0) is 22.7. The van der Waals surface area contributed by atoms with Crippen molar-refractivity contribution in [3.05, 3.63) is 45.1 Å². The number of anilines is 2. The van der Waals surface area contributed by atoms with Gasteiger partial charge in [-0.3, -0.25) is 19.1 Å². The lowest BCUT2D eigenvalue weighted by molar-refractivity contribution is -0.116. The SMILES string of the molecule is CCCCn1c(N)c(N(C(=O)CSc2nc3ccccc3s2)C2CCCC2)c(=O)[nH]c1=O. The predicted molar refractivity (Wildman–Crippen MR) is 131 cm³/mol. The number of aromatic amines is 1. The van der Waals surface area contributed by atoms with Gasteiger partial charge in [0, 0.05) is 12.6 Å². The minimum Gasteiger partial charge on any atom is -0.383 e. The van der Waals surface area contributed by atoms with Crippen molar-refractivity contribution < 1.29 is 4.79 Å². The summed E-state index contributed by atoms with van der Waals surface area (Å²) in [5.74, 6) is 0.0139. The molecular weight excluding hydrogens is 446 g/mol. The molecule has 0 saturated heterocycles. The van der Waals surface area contributed by atoms with E-state index in [-0.39, 0.29) is 29.2 Å². The number of nitrogens with one attached hydrogen (secondary N) is 1. The maximum Gasteiger partial charge on any atom is 0.330 e. The fraction of sp³-hybridized carbons (Fsp3) is 0.455. The van der Waals surface area contributed by atoms with Gasteiger partial charge in [-0.1, -0.05) is 50.1 Å². The molecule has 0 spiro atoms. The highest BCUT2D eigenvalue weighted by atomic mass is 32.2. The van der Waals surface area contributed by atoms with Gasteiger partial charge in [-0.25, -0.2) is 9.78 Å². The molecule has 1 fully saturated rings. The average Bonchev–Trinajstić information content (AvgIpc) is 3.44.